The molecule has 3 heterocycles. The second-order valence-electron chi connectivity index (χ2n) is 8.44. The molecule has 184 valence electrons. The van der Waals surface area contributed by atoms with E-state index in [1.807, 2.05) is 18.2 Å². The van der Waals surface area contributed by atoms with Crippen molar-refractivity contribution in [3.05, 3.63) is 58.7 Å². The third-order valence-corrected chi connectivity index (χ3v) is 6.23. The first-order valence-electron chi connectivity index (χ1n) is 11.0. The molecular formula is C24H22F3N3O5. The summed E-state index contributed by atoms with van der Waals surface area (Å²) in [4.78, 5) is 47.2. The predicted molar refractivity (Wildman–Crippen MR) is 117 cm³/mol. The van der Waals surface area contributed by atoms with Crippen molar-refractivity contribution in [2.75, 3.05) is 6.54 Å². The molecule has 0 spiro atoms. The average molecular weight is 489 g/mol. The van der Waals surface area contributed by atoms with E-state index < -0.39 is 18.2 Å². The van der Waals surface area contributed by atoms with Gasteiger partial charge < -0.3 is 15.3 Å². The lowest BCUT2D eigenvalue weighted by Crippen LogP contribution is -2.52. The van der Waals surface area contributed by atoms with Crippen molar-refractivity contribution in [1.82, 2.24) is 15.5 Å². The van der Waals surface area contributed by atoms with E-state index in [9.17, 15) is 27.6 Å². The fourth-order valence-corrected chi connectivity index (χ4v) is 4.50. The van der Waals surface area contributed by atoms with Crippen molar-refractivity contribution in [3.8, 4) is 11.1 Å². The van der Waals surface area contributed by atoms with E-state index >= 15 is 0 Å². The molecule has 1 unspecified atom stereocenters. The lowest BCUT2D eigenvalue weighted by molar-refractivity contribution is -0.192. The number of carbonyl (C=O) groups excluding carboxylic acids is 3. The molecular weight excluding hydrogens is 467 g/mol. The summed E-state index contributed by atoms with van der Waals surface area (Å²) in [6.07, 6.45) is -3.44. The summed E-state index contributed by atoms with van der Waals surface area (Å²) in [5.41, 5.74) is 6.44. The maximum Gasteiger partial charge on any atom is 0.490 e. The molecule has 0 aromatic heterocycles. The zero-order valence-corrected chi connectivity index (χ0v) is 18.4. The highest BCUT2D eigenvalue weighted by Gasteiger charge is 2.40. The van der Waals surface area contributed by atoms with Crippen LogP contribution >= 0.6 is 0 Å². The minimum atomic E-state index is -5.08. The van der Waals surface area contributed by atoms with Crippen LogP contribution < -0.4 is 10.6 Å². The molecule has 5 rings (SSSR count). The lowest BCUT2D eigenvalue weighted by Gasteiger charge is -2.29. The third kappa shape index (κ3) is 5.04. The Kier molecular flexibility index (Phi) is 6.62. The van der Waals surface area contributed by atoms with Crippen LogP contribution in [-0.4, -0.2) is 52.5 Å². The zero-order chi connectivity index (χ0) is 25.3. The molecule has 11 heteroatoms. The van der Waals surface area contributed by atoms with Crippen LogP contribution in [0.25, 0.3) is 11.1 Å². The molecule has 3 aliphatic heterocycles. The number of carboxylic acids is 1. The molecule has 2 aromatic carbocycles. The number of amides is 3. The Hall–Kier alpha value is -3.73. The van der Waals surface area contributed by atoms with Crippen molar-refractivity contribution in [1.29, 1.82) is 0 Å². The maximum absolute atomic E-state index is 13.0. The van der Waals surface area contributed by atoms with Crippen LogP contribution in [0, 0.1) is 0 Å². The molecule has 1 atom stereocenters. The van der Waals surface area contributed by atoms with Crippen LogP contribution in [0.15, 0.2) is 36.4 Å². The number of hydrogen-bond donors (Lipinski definition) is 3. The number of benzene rings is 2. The number of halogens is 3. The number of carbonyl (C=O) groups is 4. The summed E-state index contributed by atoms with van der Waals surface area (Å²) in [5, 5.41) is 12.9. The second kappa shape index (κ2) is 9.49. The van der Waals surface area contributed by atoms with Crippen LogP contribution in [0.2, 0.25) is 0 Å². The van der Waals surface area contributed by atoms with Gasteiger partial charge >= 0.3 is 12.1 Å². The van der Waals surface area contributed by atoms with Crippen LogP contribution in [0.4, 0.5) is 13.2 Å². The van der Waals surface area contributed by atoms with Gasteiger partial charge in [-0.2, -0.15) is 13.2 Å². The van der Waals surface area contributed by atoms with E-state index in [1.165, 1.54) is 11.1 Å². The first kappa shape index (κ1) is 24.4. The summed E-state index contributed by atoms with van der Waals surface area (Å²) in [6, 6.07) is 11.7. The zero-order valence-electron chi connectivity index (χ0n) is 18.4. The molecule has 35 heavy (non-hydrogen) atoms. The summed E-state index contributed by atoms with van der Waals surface area (Å²) < 4.78 is 31.7. The first-order chi connectivity index (χ1) is 16.6. The SMILES string of the molecule is O=C(O)C(F)(F)F.O=C1CCC(N2Cc3c(cccc3-c3ccc4c(c3)CCNC4)C2=O)C(=O)N1. The van der Waals surface area contributed by atoms with Crippen molar-refractivity contribution in [2.24, 2.45) is 0 Å². The Bertz CT molecular complexity index is 1210. The van der Waals surface area contributed by atoms with Crippen molar-refractivity contribution in [2.45, 2.75) is 44.6 Å². The molecule has 0 aliphatic carbocycles. The van der Waals surface area contributed by atoms with E-state index in [4.69, 9.17) is 9.90 Å². The number of nitrogens with one attached hydrogen (secondary N) is 2. The summed E-state index contributed by atoms with van der Waals surface area (Å²) in [5.74, 6) is -3.53. The standard InChI is InChI=1S/C22H21N3O3.C2HF3O2/c26-20-7-6-19(21(27)24-20)25-12-18-16(2-1-3-17(18)22(25)28)14-4-5-15-11-23-9-8-13(15)10-14;3-2(4,5)1(6)7/h1-5,10,19,23H,6-9,11-12H2,(H,24,26,27);(H,6,7). The van der Waals surface area contributed by atoms with Gasteiger partial charge in [0.25, 0.3) is 5.91 Å². The van der Waals surface area contributed by atoms with Gasteiger partial charge in [0.1, 0.15) is 6.04 Å². The van der Waals surface area contributed by atoms with Crippen LogP contribution in [0.5, 0.6) is 0 Å². The van der Waals surface area contributed by atoms with E-state index in [-0.39, 0.29) is 24.1 Å². The molecule has 3 N–H and O–H groups in total. The van der Waals surface area contributed by atoms with Crippen molar-refractivity contribution in [3.63, 3.8) is 0 Å². The van der Waals surface area contributed by atoms with Gasteiger partial charge in [0, 0.05) is 25.1 Å². The molecule has 0 radical (unpaired) electrons. The van der Waals surface area contributed by atoms with E-state index in [0.29, 0.717) is 18.5 Å². The molecule has 0 saturated carbocycles. The Morgan fingerprint density at radius 1 is 1.03 bits per heavy atom. The number of aliphatic carboxylic acids is 1. The Morgan fingerprint density at radius 2 is 1.74 bits per heavy atom. The quantitative estimate of drug-likeness (QED) is 0.558. The van der Waals surface area contributed by atoms with E-state index in [2.05, 4.69) is 28.8 Å². The van der Waals surface area contributed by atoms with Gasteiger partial charge in [0.15, 0.2) is 0 Å². The third-order valence-electron chi connectivity index (χ3n) is 6.23. The monoisotopic (exact) mass is 489 g/mol. The highest BCUT2D eigenvalue weighted by atomic mass is 19.4. The number of imide groups is 1. The van der Waals surface area contributed by atoms with Gasteiger partial charge in [0.2, 0.25) is 11.8 Å². The predicted octanol–water partition coefficient (Wildman–Crippen LogP) is 2.39. The number of rotatable bonds is 2. The highest BCUT2D eigenvalue weighted by Crippen LogP contribution is 2.35. The molecule has 2 aromatic rings. The number of carboxylic acid groups (broad SMARTS) is 1. The van der Waals surface area contributed by atoms with Crippen molar-refractivity contribution >= 4 is 23.7 Å². The highest BCUT2D eigenvalue weighted by molar-refractivity contribution is 6.06. The number of piperidine rings is 1. The molecule has 3 aliphatic rings. The topological polar surface area (TPSA) is 116 Å². The molecule has 3 amide bonds. The molecule has 1 saturated heterocycles. The van der Waals surface area contributed by atoms with Gasteiger partial charge in [-0.25, -0.2) is 4.79 Å². The Morgan fingerprint density at radius 3 is 2.43 bits per heavy atom. The van der Waals surface area contributed by atoms with Gasteiger partial charge in [-0.05, 0) is 53.3 Å². The Labute approximate surface area is 198 Å². The van der Waals surface area contributed by atoms with Gasteiger partial charge in [-0.15, -0.1) is 0 Å². The molecule has 1 fully saturated rings. The van der Waals surface area contributed by atoms with E-state index in [0.717, 1.165) is 36.2 Å². The van der Waals surface area contributed by atoms with E-state index in [1.54, 1.807) is 4.90 Å². The summed E-state index contributed by atoms with van der Waals surface area (Å²) >= 11 is 0. The van der Waals surface area contributed by atoms with Crippen molar-refractivity contribution < 1.29 is 37.5 Å². The lowest BCUT2D eigenvalue weighted by atomic mass is 9.92. The summed E-state index contributed by atoms with van der Waals surface area (Å²) in [6.45, 7) is 2.27. The van der Waals surface area contributed by atoms with Crippen LogP contribution in [0.1, 0.15) is 39.9 Å². The fourth-order valence-electron chi connectivity index (χ4n) is 4.50. The molecule has 8 nitrogen and oxygen atoms in total. The largest absolute Gasteiger partial charge is 0.490 e. The minimum Gasteiger partial charge on any atom is -0.475 e. The normalized spacial score (nSPS) is 19.3. The smallest absolute Gasteiger partial charge is 0.475 e. The van der Waals surface area contributed by atoms with Gasteiger partial charge in [0.05, 0.1) is 0 Å². The molecule has 0 bridgehead atoms. The van der Waals surface area contributed by atoms with Crippen LogP contribution in [-0.2, 0) is 33.9 Å². The Balaban J connectivity index is 0.000000364. The van der Waals surface area contributed by atoms with Gasteiger partial charge in [-0.1, -0.05) is 30.3 Å². The number of fused-ring (bicyclic) bond motifs is 2. The summed E-state index contributed by atoms with van der Waals surface area (Å²) in [7, 11) is 0. The number of nitrogens with zero attached hydrogens (tertiary/aromatic N) is 1. The first-order valence-corrected chi connectivity index (χ1v) is 11.0. The maximum atomic E-state index is 13.0. The number of alkyl halides is 3. The van der Waals surface area contributed by atoms with Gasteiger partial charge in [-0.3, -0.25) is 19.7 Å². The fraction of sp³-hybridized carbons (Fsp3) is 0.333. The van der Waals surface area contributed by atoms with Crippen LogP contribution in [0.3, 0.4) is 0 Å². The number of hydrogen-bond acceptors (Lipinski definition) is 5. The second-order valence-corrected chi connectivity index (χ2v) is 8.44. The average Bonchev–Trinajstić information content (AvgIpc) is 3.15. The minimum absolute atomic E-state index is 0.131.